The van der Waals surface area contributed by atoms with E-state index in [1.807, 2.05) is 0 Å². The second-order valence-electron chi connectivity index (χ2n) is 8.89. The maximum atomic E-state index is 16.2. The van der Waals surface area contributed by atoms with Crippen LogP contribution in [0.1, 0.15) is 25.6 Å². The zero-order valence-corrected chi connectivity index (χ0v) is 21.2. The van der Waals surface area contributed by atoms with E-state index in [1.54, 1.807) is 44.2 Å². The molecule has 1 unspecified atom stereocenters. The average molecular weight is 550 g/mol. The zero-order valence-electron chi connectivity index (χ0n) is 20.4. The third kappa shape index (κ3) is 4.06. The molecule has 5 rings (SSSR count). The first-order valence-corrected chi connectivity index (χ1v) is 12.3. The largest absolute Gasteiger partial charge is 0.463 e. The number of benzene rings is 1. The van der Waals surface area contributed by atoms with Crippen LogP contribution in [0.25, 0.3) is 11.2 Å². The van der Waals surface area contributed by atoms with Crippen LogP contribution >= 0.6 is 11.6 Å². The summed E-state index contributed by atoms with van der Waals surface area (Å²) in [7, 11) is 0. The van der Waals surface area contributed by atoms with E-state index in [9.17, 15) is 14.7 Å². The number of rotatable bonds is 9. The van der Waals surface area contributed by atoms with Gasteiger partial charge in [0.1, 0.15) is 23.8 Å². The molecule has 3 N–H and O–H groups in total. The Bertz CT molecular complexity index is 1360. The van der Waals surface area contributed by atoms with Crippen molar-refractivity contribution >= 4 is 40.5 Å². The fourth-order valence-electron chi connectivity index (χ4n) is 4.70. The lowest BCUT2D eigenvalue weighted by Gasteiger charge is -2.31. The van der Waals surface area contributed by atoms with Gasteiger partial charge in [-0.05, 0) is 31.0 Å². The minimum atomic E-state index is -2.47. The summed E-state index contributed by atoms with van der Waals surface area (Å²) in [6.07, 6.45) is -4.89. The van der Waals surface area contributed by atoms with Gasteiger partial charge in [-0.25, -0.2) is 19.0 Å². The number of ether oxygens (including phenoxy) is 4. The van der Waals surface area contributed by atoms with Gasteiger partial charge in [0.05, 0.1) is 19.5 Å². The molecule has 1 aliphatic carbocycles. The number of hydrogen-bond donors (Lipinski definition) is 2. The number of nitrogens with zero attached hydrogens (tertiary/aromatic N) is 4. The minimum absolute atomic E-state index is 0.00198. The van der Waals surface area contributed by atoms with Crippen LogP contribution in [0.4, 0.5) is 10.2 Å². The molecule has 0 spiro atoms. The maximum absolute atomic E-state index is 16.2. The first kappa shape index (κ1) is 26.2. The number of alkyl halides is 1. The molecule has 0 radical (unpaired) electrons. The van der Waals surface area contributed by atoms with Gasteiger partial charge in [0.25, 0.3) is 5.60 Å². The number of anilines is 1. The summed E-state index contributed by atoms with van der Waals surface area (Å²) in [5.74, 6) is -2.07. The van der Waals surface area contributed by atoms with Gasteiger partial charge in [0, 0.05) is 6.42 Å². The molecular formula is C24H25ClFN5O7. The Hall–Kier alpha value is -3.39. The molecule has 0 amide bonds. The normalized spacial score (nSPS) is 26.2. The molecule has 2 aromatic heterocycles. The number of nitrogen functional groups attached to an aromatic ring is 1. The molecule has 38 heavy (non-hydrogen) atoms. The number of esters is 2. The summed E-state index contributed by atoms with van der Waals surface area (Å²) in [5.41, 5.74) is 1.90. The highest BCUT2D eigenvalue weighted by Crippen LogP contribution is 2.59. The summed E-state index contributed by atoms with van der Waals surface area (Å²) in [5, 5.41) is 10.8. The molecule has 14 heteroatoms. The lowest BCUT2D eigenvalue weighted by Crippen LogP contribution is -2.55. The van der Waals surface area contributed by atoms with Crippen LogP contribution in [0.5, 0.6) is 0 Å². The first-order valence-electron chi connectivity index (χ1n) is 11.9. The molecule has 5 atom stereocenters. The standard InChI is InChI=1S/C24H25ClFN5O7/c1-3-35-20(33)23(21(34)36-4-2,10-12-8-6-5-7-9-12)38-16-15-24(16,26)14(32)19(37-15)31-11-28-13-17(27)29-22(25)30-18(13)31/h5-9,11,14-16,19,32H,3-4,10H2,1-2H3,(H2,27,29,30)/t14-,15+,16?,19+,24-/m0/s1. The SMILES string of the molecule is CCOC(=O)C(Cc1ccccc1)(OC1[C@H]2O[C@@H](n3cnc4c(N)nc(Cl)nc43)[C@H](O)[C@@]12F)C(=O)OCC. The van der Waals surface area contributed by atoms with Crippen LogP contribution in [0, 0.1) is 0 Å². The van der Waals surface area contributed by atoms with Crippen molar-refractivity contribution in [1.82, 2.24) is 19.5 Å². The highest BCUT2D eigenvalue weighted by Gasteiger charge is 2.82. The van der Waals surface area contributed by atoms with Gasteiger partial charge in [-0.2, -0.15) is 9.97 Å². The molecule has 202 valence electrons. The van der Waals surface area contributed by atoms with E-state index >= 15 is 4.39 Å². The highest BCUT2D eigenvalue weighted by atomic mass is 35.5. The number of nitrogens with two attached hydrogens (primary N) is 1. The average Bonchev–Trinajstić information content (AvgIpc) is 3.14. The number of hydrogen-bond acceptors (Lipinski definition) is 11. The Morgan fingerprint density at radius 1 is 1.21 bits per heavy atom. The monoisotopic (exact) mass is 549 g/mol. The lowest BCUT2D eigenvalue weighted by molar-refractivity contribution is -0.201. The van der Waals surface area contributed by atoms with Crippen molar-refractivity contribution in [2.75, 3.05) is 18.9 Å². The summed E-state index contributed by atoms with van der Waals surface area (Å²) in [6.45, 7) is 3.01. The van der Waals surface area contributed by atoms with E-state index in [-0.39, 0.29) is 41.9 Å². The molecule has 2 aliphatic rings. The van der Waals surface area contributed by atoms with Crippen molar-refractivity contribution in [3.05, 3.63) is 47.5 Å². The van der Waals surface area contributed by atoms with Gasteiger partial charge in [-0.3, -0.25) is 4.57 Å². The summed E-state index contributed by atoms with van der Waals surface area (Å²) >= 11 is 5.91. The smallest absolute Gasteiger partial charge is 0.350 e. The van der Waals surface area contributed by atoms with Crippen LogP contribution in [-0.2, 0) is 35.0 Å². The summed E-state index contributed by atoms with van der Waals surface area (Å²) in [4.78, 5) is 38.4. The van der Waals surface area contributed by atoms with Crippen molar-refractivity contribution in [3.63, 3.8) is 0 Å². The molecular weight excluding hydrogens is 525 g/mol. The van der Waals surface area contributed by atoms with Crippen LogP contribution in [-0.4, -0.2) is 79.4 Å². The van der Waals surface area contributed by atoms with Crippen molar-refractivity contribution in [3.8, 4) is 0 Å². The number of carbonyl (C=O) groups is 2. The number of aliphatic hydroxyl groups is 1. The van der Waals surface area contributed by atoms with Gasteiger partial charge in [0.2, 0.25) is 5.28 Å². The second kappa shape index (κ2) is 9.73. The van der Waals surface area contributed by atoms with Gasteiger partial charge < -0.3 is 29.8 Å². The van der Waals surface area contributed by atoms with E-state index in [0.717, 1.165) is 0 Å². The molecule has 1 saturated carbocycles. The van der Waals surface area contributed by atoms with Crippen LogP contribution < -0.4 is 5.73 Å². The van der Waals surface area contributed by atoms with E-state index in [2.05, 4.69) is 15.0 Å². The molecule has 2 fully saturated rings. The van der Waals surface area contributed by atoms with E-state index in [0.29, 0.717) is 5.56 Å². The van der Waals surface area contributed by atoms with Crippen molar-refractivity contribution in [2.24, 2.45) is 0 Å². The Labute approximate surface area is 220 Å². The number of carbonyl (C=O) groups excluding carboxylic acids is 2. The number of aliphatic hydroxyl groups excluding tert-OH is 1. The Kier molecular flexibility index (Phi) is 6.71. The molecule has 1 aliphatic heterocycles. The molecule has 3 aromatic rings. The third-order valence-corrected chi connectivity index (χ3v) is 6.75. The molecule has 12 nitrogen and oxygen atoms in total. The number of halogens is 2. The van der Waals surface area contributed by atoms with Crippen molar-refractivity contribution in [1.29, 1.82) is 0 Å². The van der Waals surface area contributed by atoms with E-state index in [4.69, 9.17) is 36.3 Å². The Morgan fingerprint density at radius 3 is 2.45 bits per heavy atom. The fraction of sp³-hybridized carbons (Fsp3) is 0.458. The second-order valence-corrected chi connectivity index (χ2v) is 9.23. The van der Waals surface area contributed by atoms with Gasteiger partial charge in [0.15, 0.2) is 23.4 Å². The third-order valence-electron chi connectivity index (χ3n) is 6.58. The summed E-state index contributed by atoms with van der Waals surface area (Å²) in [6, 6.07) is 8.56. The lowest BCUT2D eigenvalue weighted by atomic mass is 9.93. The van der Waals surface area contributed by atoms with Gasteiger partial charge >= 0.3 is 11.9 Å². The van der Waals surface area contributed by atoms with Gasteiger partial charge in [-0.15, -0.1) is 0 Å². The van der Waals surface area contributed by atoms with Crippen LogP contribution in [0.3, 0.4) is 0 Å². The van der Waals surface area contributed by atoms with Crippen LogP contribution in [0.15, 0.2) is 36.7 Å². The number of imidazole rings is 1. The van der Waals surface area contributed by atoms with Gasteiger partial charge in [-0.1, -0.05) is 30.3 Å². The summed E-state index contributed by atoms with van der Waals surface area (Å²) < 4.78 is 39.5. The quantitative estimate of drug-likeness (QED) is 0.226. The van der Waals surface area contributed by atoms with E-state index < -0.39 is 47.7 Å². The molecule has 3 heterocycles. The first-order chi connectivity index (χ1) is 18.2. The van der Waals surface area contributed by atoms with Crippen LogP contribution in [0.2, 0.25) is 5.28 Å². The Morgan fingerprint density at radius 2 is 1.87 bits per heavy atom. The minimum Gasteiger partial charge on any atom is -0.463 e. The van der Waals surface area contributed by atoms with Crippen molar-refractivity contribution in [2.45, 2.75) is 56.1 Å². The predicted molar refractivity (Wildman–Crippen MR) is 130 cm³/mol. The van der Waals surface area contributed by atoms with E-state index in [1.165, 1.54) is 10.9 Å². The maximum Gasteiger partial charge on any atom is 0.350 e. The molecule has 0 bridgehead atoms. The highest BCUT2D eigenvalue weighted by molar-refractivity contribution is 6.28. The Balaban J connectivity index is 1.46. The zero-order chi connectivity index (χ0) is 27.2. The predicted octanol–water partition coefficient (Wildman–Crippen LogP) is 1.53. The number of aromatic nitrogens is 4. The number of fused-ring (bicyclic) bond motifs is 2. The van der Waals surface area contributed by atoms with Crippen molar-refractivity contribution < 1.29 is 38.0 Å². The topological polar surface area (TPSA) is 161 Å². The molecule has 1 aromatic carbocycles. The fourth-order valence-corrected chi connectivity index (χ4v) is 4.87. The molecule has 1 saturated heterocycles.